The summed E-state index contributed by atoms with van der Waals surface area (Å²) in [4.78, 5) is 10.3. The van der Waals surface area contributed by atoms with Gasteiger partial charge in [-0.1, -0.05) is 0 Å². The molecule has 0 atom stereocenters. The summed E-state index contributed by atoms with van der Waals surface area (Å²) in [5, 5.41) is 0. The van der Waals surface area contributed by atoms with E-state index in [0.29, 0.717) is 26.1 Å². The predicted octanol–water partition coefficient (Wildman–Crippen LogP) is 0.305. The Morgan fingerprint density at radius 2 is 1.92 bits per heavy atom. The fraction of sp³-hybridized carbons (Fsp3) is 0.875. The van der Waals surface area contributed by atoms with Crippen LogP contribution < -0.4 is 5.73 Å². The molecule has 4 heteroatoms. The fourth-order valence-corrected chi connectivity index (χ4v) is 0.756. The van der Waals surface area contributed by atoms with Gasteiger partial charge >= 0.3 is 0 Å². The summed E-state index contributed by atoms with van der Waals surface area (Å²) in [7, 11) is 1.66. The molecule has 0 aliphatic carbocycles. The first-order valence-electron chi connectivity index (χ1n) is 4.12. The van der Waals surface area contributed by atoms with Crippen LogP contribution in [0.25, 0.3) is 0 Å². The molecule has 0 aromatic rings. The predicted molar refractivity (Wildman–Crippen MR) is 45.7 cm³/mol. The van der Waals surface area contributed by atoms with E-state index >= 15 is 0 Å². The van der Waals surface area contributed by atoms with Crippen LogP contribution in [0.5, 0.6) is 0 Å². The molecular weight excluding hydrogens is 158 g/mol. The number of rotatable bonds is 8. The van der Waals surface area contributed by atoms with Crippen LogP contribution in [-0.2, 0) is 14.3 Å². The van der Waals surface area contributed by atoms with Gasteiger partial charge in [-0.2, -0.15) is 0 Å². The van der Waals surface area contributed by atoms with Gasteiger partial charge in [0.05, 0.1) is 0 Å². The van der Waals surface area contributed by atoms with Crippen LogP contribution in [0.1, 0.15) is 19.3 Å². The second-order valence-electron chi connectivity index (χ2n) is 2.53. The maximum atomic E-state index is 10.3. The van der Waals surface area contributed by atoms with E-state index < -0.39 is 0 Å². The van der Waals surface area contributed by atoms with Gasteiger partial charge in [0.2, 0.25) is 5.91 Å². The molecule has 0 aromatic heterocycles. The zero-order valence-electron chi connectivity index (χ0n) is 7.54. The zero-order valence-corrected chi connectivity index (χ0v) is 7.54. The largest absolute Gasteiger partial charge is 0.385 e. The molecule has 2 N–H and O–H groups in total. The van der Waals surface area contributed by atoms with E-state index in [1.165, 1.54) is 0 Å². The molecule has 0 aliphatic rings. The second kappa shape index (κ2) is 8.49. The standard InChI is InChI=1S/C8H17NO3/c1-11-5-3-7-12-6-2-4-8(9)10/h2-7H2,1H3,(H2,9,10). The van der Waals surface area contributed by atoms with Crippen molar-refractivity contribution in [3.8, 4) is 0 Å². The average molecular weight is 175 g/mol. The summed E-state index contributed by atoms with van der Waals surface area (Å²) in [5.41, 5.74) is 4.94. The van der Waals surface area contributed by atoms with Gasteiger partial charge in [-0.3, -0.25) is 4.79 Å². The number of methoxy groups -OCH3 is 1. The third kappa shape index (κ3) is 9.39. The first-order chi connectivity index (χ1) is 5.77. The summed E-state index contributed by atoms with van der Waals surface area (Å²) in [6, 6.07) is 0. The number of carbonyl (C=O) groups excluding carboxylic acids is 1. The van der Waals surface area contributed by atoms with Crippen LogP contribution in [0.15, 0.2) is 0 Å². The van der Waals surface area contributed by atoms with E-state index in [0.717, 1.165) is 13.0 Å². The Kier molecular flexibility index (Phi) is 8.05. The highest BCUT2D eigenvalue weighted by atomic mass is 16.5. The van der Waals surface area contributed by atoms with Gasteiger partial charge in [-0.05, 0) is 12.8 Å². The zero-order chi connectivity index (χ0) is 9.23. The van der Waals surface area contributed by atoms with Crippen LogP contribution in [-0.4, -0.2) is 32.8 Å². The van der Waals surface area contributed by atoms with Crippen LogP contribution in [0.3, 0.4) is 0 Å². The molecule has 0 spiro atoms. The average Bonchev–Trinajstić information content (AvgIpc) is 2.02. The number of amides is 1. The molecule has 0 unspecified atom stereocenters. The molecule has 0 saturated heterocycles. The smallest absolute Gasteiger partial charge is 0.217 e. The SMILES string of the molecule is COCCCOCCCC(N)=O. The molecule has 0 aliphatic heterocycles. The second-order valence-corrected chi connectivity index (χ2v) is 2.53. The first-order valence-corrected chi connectivity index (χ1v) is 4.12. The third-order valence-electron chi connectivity index (χ3n) is 1.35. The summed E-state index contributed by atoms with van der Waals surface area (Å²) < 4.78 is 10.0. The molecule has 0 radical (unpaired) electrons. The molecule has 0 aromatic carbocycles. The van der Waals surface area contributed by atoms with Gasteiger partial charge in [0, 0.05) is 33.4 Å². The van der Waals surface area contributed by atoms with Gasteiger partial charge in [0.1, 0.15) is 0 Å². The topological polar surface area (TPSA) is 61.6 Å². The first kappa shape index (κ1) is 11.4. The van der Waals surface area contributed by atoms with E-state index in [1.807, 2.05) is 0 Å². The lowest BCUT2D eigenvalue weighted by molar-refractivity contribution is -0.118. The minimum absolute atomic E-state index is 0.268. The van der Waals surface area contributed by atoms with Crippen molar-refractivity contribution in [2.45, 2.75) is 19.3 Å². The molecule has 72 valence electrons. The van der Waals surface area contributed by atoms with Crippen LogP contribution in [0.4, 0.5) is 0 Å². The third-order valence-corrected chi connectivity index (χ3v) is 1.35. The summed E-state index contributed by atoms with van der Waals surface area (Å²) in [6.07, 6.45) is 2.01. The lowest BCUT2D eigenvalue weighted by Crippen LogP contribution is -2.11. The quantitative estimate of drug-likeness (QED) is 0.540. The van der Waals surface area contributed by atoms with E-state index in [1.54, 1.807) is 7.11 Å². The number of nitrogens with two attached hydrogens (primary N) is 1. The highest BCUT2D eigenvalue weighted by Gasteiger charge is 1.93. The Hall–Kier alpha value is -0.610. The molecule has 0 fully saturated rings. The van der Waals surface area contributed by atoms with Crippen molar-refractivity contribution >= 4 is 5.91 Å². The maximum absolute atomic E-state index is 10.3. The Morgan fingerprint density at radius 1 is 1.25 bits per heavy atom. The lowest BCUT2D eigenvalue weighted by atomic mass is 10.3. The van der Waals surface area contributed by atoms with E-state index in [9.17, 15) is 4.79 Å². The van der Waals surface area contributed by atoms with Crippen molar-refractivity contribution in [1.29, 1.82) is 0 Å². The monoisotopic (exact) mass is 175 g/mol. The highest BCUT2D eigenvalue weighted by Crippen LogP contribution is 1.90. The number of ether oxygens (including phenoxy) is 2. The van der Waals surface area contributed by atoms with Crippen LogP contribution >= 0.6 is 0 Å². The minimum Gasteiger partial charge on any atom is -0.385 e. The van der Waals surface area contributed by atoms with E-state index in [4.69, 9.17) is 15.2 Å². The number of primary amides is 1. The van der Waals surface area contributed by atoms with Crippen LogP contribution in [0.2, 0.25) is 0 Å². The Morgan fingerprint density at radius 3 is 2.50 bits per heavy atom. The molecule has 12 heavy (non-hydrogen) atoms. The lowest BCUT2D eigenvalue weighted by Gasteiger charge is -2.01. The number of hydrogen-bond acceptors (Lipinski definition) is 3. The molecule has 0 bridgehead atoms. The molecule has 0 heterocycles. The van der Waals surface area contributed by atoms with E-state index in [-0.39, 0.29) is 5.91 Å². The maximum Gasteiger partial charge on any atom is 0.217 e. The van der Waals surface area contributed by atoms with Crippen molar-refractivity contribution in [2.24, 2.45) is 5.73 Å². The van der Waals surface area contributed by atoms with Crippen molar-refractivity contribution in [3.05, 3.63) is 0 Å². The van der Waals surface area contributed by atoms with Crippen molar-refractivity contribution in [3.63, 3.8) is 0 Å². The van der Waals surface area contributed by atoms with E-state index in [2.05, 4.69) is 0 Å². The molecule has 0 saturated carbocycles. The molecule has 4 nitrogen and oxygen atoms in total. The van der Waals surface area contributed by atoms with Crippen LogP contribution in [0, 0.1) is 0 Å². The molecule has 0 rings (SSSR count). The Bertz CT molecular complexity index is 117. The van der Waals surface area contributed by atoms with Gasteiger partial charge in [-0.25, -0.2) is 0 Å². The normalized spacial score (nSPS) is 10.1. The Balaban J connectivity index is 2.86. The van der Waals surface area contributed by atoms with Crippen molar-refractivity contribution < 1.29 is 14.3 Å². The summed E-state index contributed by atoms with van der Waals surface area (Å²) >= 11 is 0. The van der Waals surface area contributed by atoms with Crippen molar-refractivity contribution in [2.75, 3.05) is 26.9 Å². The molecular formula is C8H17NO3. The number of carbonyl (C=O) groups is 1. The van der Waals surface area contributed by atoms with Gasteiger partial charge in [0.15, 0.2) is 0 Å². The summed E-state index contributed by atoms with van der Waals surface area (Å²) in [6.45, 7) is 2.01. The highest BCUT2D eigenvalue weighted by molar-refractivity contribution is 5.73. The summed E-state index contributed by atoms with van der Waals surface area (Å²) in [5.74, 6) is -0.268. The van der Waals surface area contributed by atoms with Gasteiger partial charge in [-0.15, -0.1) is 0 Å². The molecule has 1 amide bonds. The van der Waals surface area contributed by atoms with Gasteiger partial charge < -0.3 is 15.2 Å². The van der Waals surface area contributed by atoms with Crippen molar-refractivity contribution in [1.82, 2.24) is 0 Å². The number of hydrogen-bond donors (Lipinski definition) is 1. The fourth-order valence-electron chi connectivity index (χ4n) is 0.756. The minimum atomic E-state index is -0.268. The van der Waals surface area contributed by atoms with Gasteiger partial charge in [0.25, 0.3) is 0 Å². The Labute approximate surface area is 73.0 Å².